The van der Waals surface area contributed by atoms with Crippen molar-refractivity contribution in [3.63, 3.8) is 0 Å². The Hall–Kier alpha value is -1.57. The van der Waals surface area contributed by atoms with Crippen LogP contribution in [0.5, 0.6) is 0 Å². The van der Waals surface area contributed by atoms with Gasteiger partial charge < -0.3 is 0 Å². The number of hydrogen-bond donors (Lipinski definition) is 0. The van der Waals surface area contributed by atoms with Gasteiger partial charge >= 0.3 is 0 Å². The van der Waals surface area contributed by atoms with Crippen LogP contribution in [0, 0.1) is 0 Å². The highest BCUT2D eigenvalue weighted by atomic mass is 35.5. The molecule has 0 aliphatic carbocycles. The lowest BCUT2D eigenvalue weighted by atomic mass is 9.98. The maximum absolute atomic E-state index is 12.3. The predicted molar refractivity (Wildman–Crippen MR) is 76.3 cm³/mol. The Balaban J connectivity index is 2.39. The van der Waals surface area contributed by atoms with Crippen LogP contribution in [-0.2, 0) is 0 Å². The van der Waals surface area contributed by atoms with Crippen molar-refractivity contribution in [2.75, 3.05) is 0 Å². The predicted octanol–water partition coefficient (Wildman–Crippen LogP) is 4.89. The summed E-state index contributed by atoms with van der Waals surface area (Å²) in [5, 5.41) is 0.915. The third kappa shape index (κ3) is 2.47. The third-order valence-electron chi connectivity index (χ3n) is 2.59. The zero-order valence-corrected chi connectivity index (χ0v) is 11.0. The first-order valence-corrected chi connectivity index (χ1v) is 6.10. The molecule has 0 N–H and O–H groups in total. The lowest BCUT2D eigenvalue weighted by Gasteiger charge is -2.08. The number of carbonyl (C=O) groups is 1. The summed E-state index contributed by atoms with van der Waals surface area (Å²) < 4.78 is 0. The van der Waals surface area contributed by atoms with E-state index in [2.05, 4.69) is 6.58 Å². The van der Waals surface area contributed by atoms with Gasteiger partial charge in [0.2, 0.25) is 0 Å². The molecule has 2 rings (SSSR count). The van der Waals surface area contributed by atoms with Crippen molar-refractivity contribution < 1.29 is 4.79 Å². The molecule has 0 bridgehead atoms. The number of ketones is 1. The summed E-state index contributed by atoms with van der Waals surface area (Å²) in [7, 11) is 0. The van der Waals surface area contributed by atoms with Crippen molar-refractivity contribution in [3.05, 3.63) is 76.3 Å². The van der Waals surface area contributed by atoms with Gasteiger partial charge in [0.25, 0.3) is 0 Å². The Morgan fingerprint density at radius 1 is 0.833 bits per heavy atom. The van der Waals surface area contributed by atoms with Crippen LogP contribution in [0.3, 0.4) is 0 Å². The second-order valence-corrected chi connectivity index (χ2v) is 4.58. The smallest absolute Gasteiger partial charge is 0.194 e. The minimum atomic E-state index is -0.214. The van der Waals surface area contributed by atoms with Gasteiger partial charge in [-0.25, -0.2) is 0 Å². The average Bonchev–Trinajstić information content (AvgIpc) is 2.38. The first-order valence-electron chi connectivity index (χ1n) is 5.34. The normalized spacial score (nSPS) is 10.1. The SMILES string of the molecule is C=C(C(=O)c1ccccc1Cl)c1ccccc1Cl. The molecule has 0 unspecified atom stereocenters. The molecule has 0 fully saturated rings. The second-order valence-electron chi connectivity index (χ2n) is 3.77. The van der Waals surface area contributed by atoms with Crippen LogP contribution in [0.4, 0.5) is 0 Å². The van der Waals surface area contributed by atoms with Crippen molar-refractivity contribution >= 4 is 34.6 Å². The number of Topliss-reactive ketones (excluding diaryl/α,β-unsaturated/α-hetero) is 1. The van der Waals surface area contributed by atoms with Crippen molar-refractivity contribution in [3.8, 4) is 0 Å². The van der Waals surface area contributed by atoms with Gasteiger partial charge in [0.15, 0.2) is 5.78 Å². The molecular weight excluding hydrogens is 267 g/mol. The molecule has 0 spiro atoms. The molecule has 0 aliphatic rings. The van der Waals surface area contributed by atoms with Crippen molar-refractivity contribution in [1.29, 1.82) is 0 Å². The minimum Gasteiger partial charge on any atom is -0.289 e. The first kappa shape index (κ1) is 12.9. The molecule has 18 heavy (non-hydrogen) atoms. The van der Waals surface area contributed by atoms with E-state index < -0.39 is 0 Å². The maximum atomic E-state index is 12.3. The fourth-order valence-corrected chi connectivity index (χ4v) is 2.11. The van der Waals surface area contributed by atoms with Crippen LogP contribution >= 0.6 is 23.2 Å². The summed E-state index contributed by atoms with van der Waals surface area (Å²) in [6.45, 7) is 3.81. The topological polar surface area (TPSA) is 17.1 Å². The van der Waals surface area contributed by atoms with Gasteiger partial charge in [-0.05, 0) is 18.2 Å². The minimum absolute atomic E-state index is 0.214. The number of benzene rings is 2. The van der Waals surface area contributed by atoms with E-state index in [1.807, 2.05) is 6.07 Å². The summed E-state index contributed by atoms with van der Waals surface area (Å²) in [5.41, 5.74) is 1.40. The van der Waals surface area contributed by atoms with E-state index in [9.17, 15) is 4.79 Å². The molecule has 2 aromatic rings. The highest BCUT2D eigenvalue weighted by molar-refractivity contribution is 6.40. The fourth-order valence-electron chi connectivity index (χ4n) is 1.64. The van der Waals surface area contributed by atoms with Gasteiger partial charge in [0.05, 0.1) is 5.02 Å². The molecule has 3 heteroatoms. The molecule has 90 valence electrons. The molecule has 0 saturated heterocycles. The Bertz CT molecular complexity index is 562. The lowest BCUT2D eigenvalue weighted by molar-refractivity contribution is 0.105. The number of hydrogen-bond acceptors (Lipinski definition) is 1. The third-order valence-corrected chi connectivity index (χ3v) is 3.25. The van der Waals surface area contributed by atoms with E-state index >= 15 is 0 Å². The average molecular weight is 277 g/mol. The van der Waals surface area contributed by atoms with Crippen LogP contribution in [0.25, 0.3) is 5.57 Å². The molecule has 0 aliphatic heterocycles. The fraction of sp³-hybridized carbons (Fsp3) is 0. The van der Waals surface area contributed by atoms with Gasteiger partial charge in [-0.2, -0.15) is 0 Å². The molecule has 0 radical (unpaired) electrons. The van der Waals surface area contributed by atoms with E-state index in [-0.39, 0.29) is 5.78 Å². The summed E-state index contributed by atoms with van der Waals surface area (Å²) in [6, 6.07) is 14.0. The zero-order valence-electron chi connectivity index (χ0n) is 9.49. The van der Waals surface area contributed by atoms with E-state index in [1.54, 1.807) is 42.5 Å². The standard InChI is InChI=1S/C15H10Cl2O/c1-10(11-6-2-4-8-13(11)16)15(18)12-7-3-5-9-14(12)17/h2-9H,1H2. The van der Waals surface area contributed by atoms with Crippen LogP contribution in [-0.4, -0.2) is 5.78 Å². The van der Waals surface area contributed by atoms with E-state index in [0.29, 0.717) is 26.7 Å². The molecule has 0 atom stereocenters. The molecule has 0 heterocycles. The highest BCUT2D eigenvalue weighted by Gasteiger charge is 2.16. The molecule has 0 saturated carbocycles. The van der Waals surface area contributed by atoms with Gasteiger partial charge in [-0.3, -0.25) is 4.79 Å². The first-order chi connectivity index (χ1) is 8.61. The summed E-state index contributed by atoms with van der Waals surface area (Å²) in [5.74, 6) is -0.214. The summed E-state index contributed by atoms with van der Waals surface area (Å²) in [4.78, 5) is 12.3. The second kappa shape index (κ2) is 5.38. The van der Waals surface area contributed by atoms with Crippen LogP contribution < -0.4 is 0 Å². The lowest BCUT2D eigenvalue weighted by Crippen LogP contribution is -2.02. The molecule has 2 aromatic carbocycles. The Kier molecular flexibility index (Phi) is 3.85. The van der Waals surface area contributed by atoms with Gasteiger partial charge in [-0.1, -0.05) is 60.1 Å². The quantitative estimate of drug-likeness (QED) is 0.576. The van der Waals surface area contributed by atoms with Gasteiger partial charge in [0, 0.05) is 21.7 Å². The van der Waals surface area contributed by atoms with Crippen LogP contribution in [0.1, 0.15) is 15.9 Å². The highest BCUT2D eigenvalue weighted by Crippen LogP contribution is 2.27. The number of allylic oxidation sites excluding steroid dienone is 1. The molecular formula is C15H10Cl2O. The number of halogens is 2. The van der Waals surface area contributed by atoms with Crippen molar-refractivity contribution in [2.45, 2.75) is 0 Å². The Morgan fingerprint density at radius 2 is 1.28 bits per heavy atom. The van der Waals surface area contributed by atoms with Crippen molar-refractivity contribution in [1.82, 2.24) is 0 Å². The Morgan fingerprint density at radius 3 is 1.78 bits per heavy atom. The van der Waals surface area contributed by atoms with Crippen LogP contribution in [0.2, 0.25) is 10.0 Å². The zero-order chi connectivity index (χ0) is 13.1. The summed E-state index contributed by atoms with van der Waals surface area (Å²) in [6.07, 6.45) is 0. The van der Waals surface area contributed by atoms with E-state index in [1.165, 1.54) is 0 Å². The van der Waals surface area contributed by atoms with Crippen molar-refractivity contribution in [2.24, 2.45) is 0 Å². The Labute approximate surface area is 116 Å². The maximum Gasteiger partial charge on any atom is 0.194 e. The molecule has 1 nitrogen and oxygen atoms in total. The largest absolute Gasteiger partial charge is 0.289 e. The summed E-state index contributed by atoms with van der Waals surface area (Å²) >= 11 is 12.0. The molecule has 0 amide bonds. The molecule has 0 aromatic heterocycles. The van der Waals surface area contributed by atoms with E-state index in [4.69, 9.17) is 23.2 Å². The van der Waals surface area contributed by atoms with Gasteiger partial charge in [-0.15, -0.1) is 0 Å². The van der Waals surface area contributed by atoms with Crippen LogP contribution in [0.15, 0.2) is 55.1 Å². The van der Waals surface area contributed by atoms with Gasteiger partial charge in [0.1, 0.15) is 0 Å². The monoisotopic (exact) mass is 276 g/mol. The number of carbonyl (C=O) groups excluding carboxylic acids is 1. The number of rotatable bonds is 3. The van der Waals surface area contributed by atoms with E-state index in [0.717, 1.165) is 0 Å².